The number of imide groups is 1. The highest BCUT2D eigenvalue weighted by molar-refractivity contribution is 5.96. The second-order valence-electron chi connectivity index (χ2n) is 6.45. The summed E-state index contributed by atoms with van der Waals surface area (Å²) in [4.78, 5) is 25.3. The Kier molecular flexibility index (Phi) is 5.35. The van der Waals surface area contributed by atoms with Crippen LogP contribution in [-0.4, -0.2) is 31.1 Å². The maximum atomic E-state index is 11.9. The largest absolute Gasteiger partial charge is 0.365 e. The van der Waals surface area contributed by atoms with Crippen molar-refractivity contribution >= 4 is 17.6 Å². The molecule has 0 aromatic heterocycles. The lowest BCUT2D eigenvalue weighted by Crippen LogP contribution is -2.50. The van der Waals surface area contributed by atoms with Gasteiger partial charge >= 0.3 is 6.03 Å². The summed E-state index contributed by atoms with van der Waals surface area (Å²) in [5.74, 6) is -0.335. The monoisotopic (exact) mass is 291 g/mol. The van der Waals surface area contributed by atoms with E-state index in [0.717, 1.165) is 16.8 Å². The summed E-state index contributed by atoms with van der Waals surface area (Å²) in [5, 5.41) is 5.03. The van der Waals surface area contributed by atoms with Gasteiger partial charge in [0.25, 0.3) is 0 Å². The van der Waals surface area contributed by atoms with Gasteiger partial charge in [-0.1, -0.05) is 6.07 Å². The molecule has 0 unspecified atom stereocenters. The van der Waals surface area contributed by atoms with Crippen molar-refractivity contribution in [3.05, 3.63) is 29.3 Å². The Bertz CT molecular complexity index is 513. The minimum absolute atomic E-state index is 0.125. The quantitative estimate of drug-likeness (QED) is 0.898. The number of carbonyl (C=O) groups is 2. The Morgan fingerprint density at radius 1 is 1.10 bits per heavy atom. The van der Waals surface area contributed by atoms with E-state index in [-0.39, 0.29) is 18.0 Å². The summed E-state index contributed by atoms with van der Waals surface area (Å²) in [6.45, 7) is 9.74. The molecule has 0 saturated carbocycles. The lowest BCUT2D eigenvalue weighted by Gasteiger charge is -2.22. The van der Waals surface area contributed by atoms with Crippen LogP contribution in [0.1, 0.15) is 31.9 Å². The highest BCUT2D eigenvalue weighted by Crippen LogP contribution is 2.17. The van der Waals surface area contributed by atoms with Gasteiger partial charge in [0.05, 0.1) is 6.54 Å². The molecule has 0 aliphatic carbocycles. The van der Waals surface area contributed by atoms with E-state index in [4.69, 9.17) is 0 Å². The summed E-state index contributed by atoms with van der Waals surface area (Å²) in [5.41, 5.74) is 2.87. The molecule has 0 bridgehead atoms. The number of rotatable bonds is 3. The third-order valence-electron chi connectivity index (χ3n) is 2.77. The summed E-state index contributed by atoms with van der Waals surface area (Å²) in [7, 11) is 1.83. The van der Waals surface area contributed by atoms with Crippen LogP contribution < -0.4 is 15.5 Å². The van der Waals surface area contributed by atoms with Gasteiger partial charge < -0.3 is 10.2 Å². The first-order valence-corrected chi connectivity index (χ1v) is 6.98. The maximum Gasteiger partial charge on any atom is 0.321 e. The minimum Gasteiger partial charge on any atom is -0.365 e. The Morgan fingerprint density at radius 2 is 1.62 bits per heavy atom. The Hall–Kier alpha value is -2.04. The molecule has 1 aromatic carbocycles. The van der Waals surface area contributed by atoms with Gasteiger partial charge in [-0.25, -0.2) is 4.79 Å². The molecule has 2 N–H and O–H groups in total. The number of hydrogen-bond donors (Lipinski definition) is 2. The second-order valence-corrected chi connectivity index (χ2v) is 6.45. The number of benzene rings is 1. The molecular weight excluding hydrogens is 266 g/mol. The number of carbonyl (C=O) groups excluding carboxylic acids is 2. The van der Waals surface area contributed by atoms with Crippen LogP contribution >= 0.6 is 0 Å². The predicted molar refractivity (Wildman–Crippen MR) is 85.6 cm³/mol. The van der Waals surface area contributed by atoms with Crippen LogP contribution in [0.3, 0.4) is 0 Å². The number of nitrogens with one attached hydrogen (secondary N) is 2. The Balaban J connectivity index is 2.60. The Labute approximate surface area is 126 Å². The summed E-state index contributed by atoms with van der Waals surface area (Å²) in [6.07, 6.45) is 0. The first-order chi connectivity index (χ1) is 9.56. The molecule has 5 nitrogen and oxygen atoms in total. The predicted octanol–water partition coefficient (Wildman–Crippen LogP) is 2.36. The molecule has 3 amide bonds. The van der Waals surface area contributed by atoms with E-state index in [1.54, 1.807) is 0 Å². The van der Waals surface area contributed by atoms with Gasteiger partial charge in [0, 0.05) is 18.3 Å². The van der Waals surface area contributed by atoms with E-state index in [2.05, 4.69) is 16.7 Å². The zero-order valence-corrected chi connectivity index (χ0v) is 13.7. The molecule has 116 valence electrons. The molecule has 0 aliphatic rings. The minimum atomic E-state index is -0.471. The van der Waals surface area contributed by atoms with Gasteiger partial charge in [0.2, 0.25) is 5.91 Å². The SMILES string of the molecule is Cc1cc(C)cc(N(C)CC(=O)NC(=O)NC(C)(C)C)c1. The fourth-order valence-corrected chi connectivity index (χ4v) is 2.02. The van der Waals surface area contributed by atoms with Crippen molar-refractivity contribution in [3.63, 3.8) is 0 Å². The number of nitrogens with zero attached hydrogens (tertiary/aromatic N) is 1. The van der Waals surface area contributed by atoms with Crippen molar-refractivity contribution in [2.45, 2.75) is 40.2 Å². The molecule has 0 aliphatic heterocycles. The zero-order chi connectivity index (χ0) is 16.2. The van der Waals surface area contributed by atoms with Crippen molar-refractivity contribution in [1.82, 2.24) is 10.6 Å². The normalized spacial score (nSPS) is 11.0. The van der Waals surface area contributed by atoms with Crippen LogP contribution in [0.15, 0.2) is 18.2 Å². The summed E-state index contributed by atoms with van der Waals surface area (Å²) >= 11 is 0. The molecule has 1 aromatic rings. The number of anilines is 1. The molecule has 0 spiro atoms. The fraction of sp³-hybridized carbons (Fsp3) is 0.500. The molecule has 21 heavy (non-hydrogen) atoms. The smallest absolute Gasteiger partial charge is 0.321 e. The van der Waals surface area contributed by atoms with E-state index in [1.165, 1.54) is 0 Å². The maximum absolute atomic E-state index is 11.9. The van der Waals surface area contributed by atoms with Crippen LogP contribution in [0.25, 0.3) is 0 Å². The molecule has 0 heterocycles. The van der Waals surface area contributed by atoms with E-state index in [1.807, 2.05) is 58.7 Å². The van der Waals surface area contributed by atoms with Gasteiger partial charge in [-0.15, -0.1) is 0 Å². The third-order valence-corrected chi connectivity index (χ3v) is 2.77. The summed E-state index contributed by atoms with van der Waals surface area (Å²) < 4.78 is 0. The van der Waals surface area contributed by atoms with Crippen LogP contribution in [0.5, 0.6) is 0 Å². The average molecular weight is 291 g/mol. The van der Waals surface area contributed by atoms with E-state index < -0.39 is 6.03 Å². The van der Waals surface area contributed by atoms with Gasteiger partial charge in [0.1, 0.15) is 0 Å². The standard InChI is InChI=1S/C16H25N3O2/c1-11-7-12(2)9-13(8-11)19(6)10-14(20)17-15(21)18-16(3,4)5/h7-9H,10H2,1-6H3,(H2,17,18,20,21). The molecular formula is C16H25N3O2. The van der Waals surface area contributed by atoms with Crippen molar-refractivity contribution in [2.24, 2.45) is 0 Å². The Morgan fingerprint density at radius 3 is 2.10 bits per heavy atom. The van der Waals surface area contributed by atoms with E-state index in [0.29, 0.717) is 0 Å². The highest BCUT2D eigenvalue weighted by atomic mass is 16.2. The number of amides is 3. The van der Waals surface area contributed by atoms with Gasteiger partial charge in [-0.3, -0.25) is 10.1 Å². The van der Waals surface area contributed by atoms with Crippen LogP contribution in [0, 0.1) is 13.8 Å². The van der Waals surface area contributed by atoms with Crippen LogP contribution in [0.2, 0.25) is 0 Å². The van der Waals surface area contributed by atoms with Crippen molar-refractivity contribution in [1.29, 1.82) is 0 Å². The van der Waals surface area contributed by atoms with E-state index >= 15 is 0 Å². The number of urea groups is 1. The first kappa shape index (κ1) is 17.0. The van der Waals surface area contributed by atoms with Gasteiger partial charge in [-0.2, -0.15) is 0 Å². The molecule has 0 fully saturated rings. The topological polar surface area (TPSA) is 61.4 Å². The van der Waals surface area contributed by atoms with Crippen molar-refractivity contribution < 1.29 is 9.59 Å². The van der Waals surface area contributed by atoms with Crippen molar-refractivity contribution in [3.8, 4) is 0 Å². The zero-order valence-electron chi connectivity index (χ0n) is 13.7. The second kappa shape index (κ2) is 6.61. The van der Waals surface area contributed by atoms with Crippen molar-refractivity contribution in [2.75, 3.05) is 18.5 Å². The van der Waals surface area contributed by atoms with Gasteiger partial charge in [-0.05, 0) is 57.9 Å². The average Bonchev–Trinajstić information content (AvgIpc) is 2.23. The lowest BCUT2D eigenvalue weighted by atomic mass is 10.1. The molecule has 5 heteroatoms. The number of likely N-dealkylation sites (N-methyl/N-ethyl adjacent to an activating group) is 1. The molecule has 0 atom stereocenters. The number of hydrogen-bond acceptors (Lipinski definition) is 3. The first-order valence-electron chi connectivity index (χ1n) is 6.98. The lowest BCUT2D eigenvalue weighted by molar-refractivity contribution is -0.118. The van der Waals surface area contributed by atoms with Gasteiger partial charge in [0.15, 0.2) is 0 Å². The molecule has 0 radical (unpaired) electrons. The number of aryl methyl sites for hydroxylation is 2. The molecule has 1 rings (SSSR count). The highest BCUT2D eigenvalue weighted by Gasteiger charge is 2.16. The van der Waals surface area contributed by atoms with E-state index in [9.17, 15) is 9.59 Å². The fourth-order valence-electron chi connectivity index (χ4n) is 2.02. The molecule has 0 saturated heterocycles. The summed E-state index contributed by atoms with van der Waals surface area (Å²) in [6, 6.07) is 5.63. The van der Waals surface area contributed by atoms with Crippen LogP contribution in [-0.2, 0) is 4.79 Å². The third kappa shape index (κ3) is 6.29. The van der Waals surface area contributed by atoms with Crippen LogP contribution in [0.4, 0.5) is 10.5 Å².